The molecule has 0 spiro atoms. The van der Waals surface area contributed by atoms with Gasteiger partial charge < -0.3 is 26.8 Å². The Morgan fingerprint density at radius 2 is 1.13 bits per heavy atom. The van der Waals surface area contributed by atoms with E-state index >= 15 is 0 Å². The molecule has 4 unspecified atom stereocenters. The Hall–Kier alpha value is -3.72. The van der Waals surface area contributed by atoms with E-state index in [0.717, 1.165) is 11.1 Å². The van der Waals surface area contributed by atoms with Gasteiger partial charge in [-0.25, -0.2) is 4.79 Å². The molecule has 0 saturated heterocycles. The van der Waals surface area contributed by atoms with Gasteiger partial charge >= 0.3 is 5.97 Å². The van der Waals surface area contributed by atoms with E-state index in [1.54, 1.807) is 13.8 Å². The number of nitrogens with one attached hydrogen (secondary N) is 3. The quantitative estimate of drug-likeness (QED) is 0.255. The van der Waals surface area contributed by atoms with Crippen LogP contribution >= 0.6 is 0 Å². The van der Waals surface area contributed by atoms with E-state index < -0.39 is 47.9 Å². The zero-order valence-corrected chi connectivity index (χ0v) is 22.5. The fourth-order valence-corrected chi connectivity index (χ4v) is 4.05. The number of amides is 3. The third-order valence-electron chi connectivity index (χ3n) is 6.12. The van der Waals surface area contributed by atoms with Crippen molar-refractivity contribution >= 4 is 23.7 Å². The van der Waals surface area contributed by atoms with Crippen molar-refractivity contribution in [1.29, 1.82) is 0 Å². The molecule has 0 fully saturated rings. The van der Waals surface area contributed by atoms with Crippen LogP contribution in [-0.2, 0) is 32.0 Å². The van der Waals surface area contributed by atoms with E-state index in [9.17, 15) is 24.3 Å². The summed E-state index contributed by atoms with van der Waals surface area (Å²) < 4.78 is 0. The minimum absolute atomic E-state index is 0.141. The number of carboxylic acids is 1. The molecule has 4 atom stereocenters. The van der Waals surface area contributed by atoms with E-state index in [2.05, 4.69) is 16.0 Å². The summed E-state index contributed by atoms with van der Waals surface area (Å²) in [6, 6.07) is 14.3. The zero-order chi connectivity index (χ0) is 28.2. The number of hydrogen-bond acceptors (Lipinski definition) is 5. The Morgan fingerprint density at radius 3 is 1.53 bits per heavy atom. The lowest BCUT2D eigenvalue weighted by Gasteiger charge is -2.26. The second-order valence-electron chi connectivity index (χ2n) is 10.3. The van der Waals surface area contributed by atoms with Gasteiger partial charge in [-0.05, 0) is 29.4 Å². The van der Waals surface area contributed by atoms with Crippen LogP contribution in [0, 0.1) is 11.8 Å². The van der Waals surface area contributed by atoms with Crippen LogP contribution in [0.3, 0.4) is 0 Å². The highest BCUT2D eigenvalue weighted by atomic mass is 16.4. The van der Waals surface area contributed by atoms with Gasteiger partial charge in [-0.1, -0.05) is 88.4 Å². The lowest BCUT2D eigenvalue weighted by atomic mass is 10.00. The van der Waals surface area contributed by atoms with Crippen molar-refractivity contribution in [2.45, 2.75) is 71.1 Å². The van der Waals surface area contributed by atoms with Crippen LogP contribution in [0.2, 0.25) is 0 Å². The van der Waals surface area contributed by atoms with Gasteiger partial charge in [0, 0.05) is 12.8 Å². The summed E-state index contributed by atoms with van der Waals surface area (Å²) in [4.78, 5) is 51.3. The first-order chi connectivity index (χ1) is 18.0. The van der Waals surface area contributed by atoms with E-state index in [0.29, 0.717) is 6.42 Å². The molecule has 2 aromatic carbocycles. The molecule has 38 heavy (non-hydrogen) atoms. The summed E-state index contributed by atoms with van der Waals surface area (Å²) in [6.45, 7) is 7.29. The van der Waals surface area contributed by atoms with Crippen LogP contribution in [0.4, 0.5) is 0 Å². The Kier molecular flexibility index (Phi) is 11.9. The predicted molar refractivity (Wildman–Crippen MR) is 146 cm³/mol. The molecule has 9 heteroatoms. The zero-order valence-electron chi connectivity index (χ0n) is 22.5. The van der Waals surface area contributed by atoms with E-state index in [1.165, 1.54) is 0 Å². The second kappa shape index (κ2) is 14.9. The predicted octanol–water partition coefficient (Wildman–Crippen LogP) is 2.04. The smallest absolute Gasteiger partial charge is 0.326 e. The molecule has 0 heterocycles. The van der Waals surface area contributed by atoms with Crippen LogP contribution in [0.1, 0.15) is 45.2 Å². The van der Waals surface area contributed by atoms with Gasteiger partial charge in [0.25, 0.3) is 0 Å². The maximum Gasteiger partial charge on any atom is 0.326 e. The van der Waals surface area contributed by atoms with E-state index in [4.69, 9.17) is 5.73 Å². The molecule has 0 saturated carbocycles. The minimum Gasteiger partial charge on any atom is -0.480 e. The number of carboxylic acid groups (broad SMARTS) is 1. The summed E-state index contributed by atoms with van der Waals surface area (Å²) in [7, 11) is 0. The second-order valence-corrected chi connectivity index (χ2v) is 10.3. The van der Waals surface area contributed by atoms with Crippen LogP contribution in [0.15, 0.2) is 60.7 Å². The fourth-order valence-electron chi connectivity index (χ4n) is 4.05. The van der Waals surface area contributed by atoms with Gasteiger partial charge in [0.05, 0.1) is 6.04 Å². The van der Waals surface area contributed by atoms with Gasteiger partial charge in [-0.15, -0.1) is 0 Å². The van der Waals surface area contributed by atoms with Gasteiger partial charge in [0.1, 0.15) is 18.1 Å². The summed E-state index contributed by atoms with van der Waals surface area (Å²) in [6.07, 6.45) is 0.786. The molecule has 0 aliphatic rings. The average molecular weight is 525 g/mol. The highest BCUT2D eigenvalue weighted by Crippen LogP contribution is 2.10. The summed E-state index contributed by atoms with van der Waals surface area (Å²) in [5.74, 6) is -2.97. The standard InChI is InChI=1S/C29H40N4O5/c1-18(2)15-22(30)26(34)31-23(16-20-11-7-5-8-12-20)27(35)32-24(17-21-13-9-6-10-14-21)28(36)33-25(19(3)4)29(37)38/h5-14,18-19,22-25H,15-17,30H2,1-4H3,(H,31,34)(H,32,35)(H,33,36)(H,37,38). The van der Waals surface area contributed by atoms with Crippen molar-refractivity contribution in [3.8, 4) is 0 Å². The Bertz CT molecular complexity index is 1060. The van der Waals surface area contributed by atoms with Crippen molar-refractivity contribution in [3.63, 3.8) is 0 Å². The normalized spacial score (nSPS) is 14.3. The molecule has 3 amide bonds. The molecule has 0 bridgehead atoms. The number of rotatable bonds is 14. The van der Waals surface area contributed by atoms with Gasteiger partial charge in [-0.3, -0.25) is 14.4 Å². The minimum atomic E-state index is -1.16. The van der Waals surface area contributed by atoms with Crippen molar-refractivity contribution in [3.05, 3.63) is 71.8 Å². The molecule has 206 valence electrons. The lowest BCUT2D eigenvalue weighted by molar-refractivity contribution is -0.143. The first kappa shape index (κ1) is 30.5. The number of nitrogens with two attached hydrogens (primary N) is 1. The van der Waals surface area contributed by atoms with Crippen LogP contribution in [0.5, 0.6) is 0 Å². The molecular weight excluding hydrogens is 484 g/mol. The molecule has 0 aliphatic heterocycles. The Morgan fingerprint density at radius 1 is 0.711 bits per heavy atom. The average Bonchev–Trinajstić information content (AvgIpc) is 2.86. The molecule has 6 N–H and O–H groups in total. The molecule has 0 aromatic heterocycles. The molecule has 2 rings (SSSR count). The number of aliphatic carboxylic acids is 1. The first-order valence-corrected chi connectivity index (χ1v) is 12.9. The summed E-state index contributed by atoms with van der Waals surface area (Å²) >= 11 is 0. The number of carbonyl (C=O) groups is 4. The number of carbonyl (C=O) groups excluding carboxylic acids is 3. The van der Waals surface area contributed by atoms with Gasteiger partial charge in [0.2, 0.25) is 17.7 Å². The monoisotopic (exact) mass is 524 g/mol. The van der Waals surface area contributed by atoms with Crippen molar-refractivity contribution < 1.29 is 24.3 Å². The summed E-state index contributed by atoms with van der Waals surface area (Å²) in [5.41, 5.74) is 7.66. The van der Waals surface area contributed by atoms with E-state index in [-0.39, 0.29) is 24.7 Å². The molecule has 0 aliphatic carbocycles. The molecule has 9 nitrogen and oxygen atoms in total. The Labute approximate surface area is 224 Å². The SMILES string of the molecule is CC(C)CC(N)C(=O)NC(Cc1ccccc1)C(=O)NC(Cc1ccccc1)C(=O)NC(C(=O)O)C(C)C. The van der Waals surface area contributed by atoms with Gasteiger partial charge in [0.15, 0.2) is 0 Å². The maximum atomic E-state index is 13.5. The molecule has 0 radical (unpaired) electrons. The Balaban J connectivity index is 2.30. The fraction of sp³-hybridized carbons (Fsp3) is 0.448. The third kappa shape index (κ3) is 9.97. The first-order valence-electron chi connectivity index (χ1n) is 12.9. The highest BCUT2D eigenvalue weighted by Gasteiger charge is 2.31. The molecular formula is C29H40N4O5. The van der Waals surface area contributed by atoms with Crippen molar-refractivity contribution in [2.24, 2.45) is 17.6 Å². The maximum absolute atomic E-state index is 13.5. The topological polar surface area (TPSA) is 151 Å². The largest absolute Gasteiger partial charge is 0.480 e. The molecule has 2 aromatic rings. The van der Waals surface area contributed by atoms with E-state index in [1.807, 2.05) is 74.5 Å². The number of hydrogen-bond donors (Lipinski definition) is 5. The van der Waals surface area contributed by atoms with Gasteiger partial charge in [-0.2, -0.15) is 0 Å². The van der Waals surface area contributed by atoms with Crippen molar-refractivity contribution in [1.82, 2.24) is 16.0 Å². The van der Waals surface area contributed by atoms with Crippen molar-refractivity contribution in [2.75, 3.05) is 0 Å². The third-order valence-corrected chi connectivity index (χ3v) is 6.12. The summed E-state index contributed by atoms with van der Waals surface area (Å²) in [5, 5.41) is 17.6. The van der Waals surface area contributed by atoms with Crippen LogP contribution < -0.4 is 21.7 Å². The van der Waals surface area contributed by atoms with Crippen LogP contribution in [-0.4, -0.2) is 53.0 Å². The number of benzene rings is 2. The highest BCUT2D eigenvalue weighted by molar-refractivity contribution is 5.94. The van der Waals surface area contributed by atoms with Crippen LogP contribution in [0.25, 0.3) is 0 Å². The lowest BCUT2D eigenvalue weighted by Crippen LogP contribution is -2.58.